The standard InChI is InChI=1S/C24H31N3O2/c1-15-6-5-7-23(25-15)26-24-16(2)17(3)27(18(4)28)22-9-8-20(14-21(22)24)19-10-12-29-13-11-19/h5-9,14,16-17,19,24H,10-13H2,1-4H3,(H,25,26)/t16-,17-,24+/m0/s1. The lowest BCUT2D eigenvalue weighted by molar-refractivity contribution is -0.117. The van der Waals surface area contributed by atoms with Crippen LogP contribution in [0.5, 0.6) is 0 Å². The van der Waals surface area contributed by atoms with E-state index in [1.807, 2.05) is 30.0 Å². The van der Waals surface area contributed by atoms with Gasteiger partial charge in [-0.25, -0.2) is 4.98 Å². The van der Waals surface area contributed by atoms with Crippen LogP contribution in [-0.2, 0) is 9.53 Å². The van der Waals surface area contributed by atoms with Crippen molar-refractivity contribution in [2.45, 2.75) is 58.5 Å². The minimum atomic E-state index is 0.0940. The van der Waals surface area contributed by atoms with Crippen LogP contribution < -0.4 is 10.2 Å². The van der Waals surface area contributed by atoms with E-state index in [9.17, 15) is 4.79 Å². The Morgan fingerprint density at radius 3 is 2.62 bits per heavy atom. The Bertz CT molecular complexity index is 891. The number of carbonyl (C=O) groups excluding carboxylic acids is 1. The van der Waals surface area contributed by atoms with Gasteiger partial charge >= 0.3 is 0 Å². The van der Waals surface area contributed by atoms with Crippen LogP contribution in [0.1, 0.15) is 62.4 Å². The maximum absolute atomic E-state index is 12.5. The van der Waals surface area contributed by atoms with E-state index in [4.69, 9.17) is 4.74 Å². The molecule has 1 fully saturated rings. The van der Waals surface area contributed by atoms with Crippen molar-refractivity contribution in [1.82, 2.24) is 4.98 Å². The Morgan fingerprint density at radius 2 is 1.93 bits per heavy atom. The molecule has 2 aliphatic rings. The molecule has 0 bridgehead atoms. The topological polar surface area (TPSA) is 54.5 Å². The summed E-state index contributed by atoms with van der Waals surface area (Å²) in [5, 5.41) is 3.67. The molecule has 0 spiro atoms. The SMILES string of the molecule is CC(=O)N1c2ccc(C3CCOCC3)cc2[C@H](Nc2cccc(C)n2)[C@@H](C)[C@@H]1C. The van der Waals surface area contributed by atoms with Gasteiger partial charge in [0.05, 0.1) is 6.04 Å². The second-order valence-corrected chi connectivity index (χ2v) is 8.48. The minimum absolute atomic E-state index is 0.0940. The Labute approximate surface area is 173 Å². The first-order chi connectivity index (χ1) is 14.0. The van der Waals surface area contributed by atoms with E-state index in [0.29, 0.717) is 5.92 Å². The molecule has 0 saturated carbocycles. The number of hydrogen-bond acceptors (Lipinski definition) is 4. The van der Waals surface area contributed by atoms with Crippen molar-refractivity contribution in [3.8, 4) is 0 Å². The van der Waals surface area contributed by atoms with Crippen molar-refractivity contribution in [2.24, 2.45) is 5.92 Å². The largest absolute Gasteiger partial charge is 0.381 e. The quantitative estimate of drug-likeness (QED) is 0.812. The van der Waals surface area contributed by atoms with Crippen LogP contribution in [0.15, 0.2) is 36.4 Å². The number of nitrogens with one attached hydrogen (secondary N) is 1. The average molecular weight is 394 g/mol. The molecule has 1 saturated heterocycles. The smallest absolute Gasteiger partial charge is 0.224 e. The molecule has 29 heavy (non-hydrogen) atoms. The molecule has 0 radical (unpaired) electrons. The highest BCUT2D eigenvalue weighted by atomic mass is 16.5. The number of nitrogens with zero attached hydrogens (tertiary/aromatic N) is 2. The zero-order valence-corrected chi connectivity index (χ0v) is 17.8. The Balaban J connectivity index is 1.76. The minimum Gasteiger partial charge on any atom is -0.381 e. The van der Waals surface area contributed by atoms with Gasteiger partial charge in [-0.05, 0) is 61.9 Å². The zero-order chi connectivity index (χ0) is 20.5. The first kappa shape index (κ1) is 19.9. The van der Waals surface area contributed by atoms with E-state index in [0.717, 1.165) is 43.3 Å². The molecular formula is C24H31N3O2. The first-order valence-electron chi connectivity index (χ1n) is 10.7. The van der Waals surface area contributed by atoms with Crippen LogP contribution >= 0.6 is 0 Å². The number of pyridine rings is 1. The van der Waals surface area contributed by atoms with Gasteiger partial charge in [-0.2, -0.15) is 0 Å². The van der Waals surface area contributed by atoms with E-state index in [1.54, 1.807) is 6.92 Å². The van der Waals surface area contributed by atoms with Gasteiger partial charge in [0.2, 0.25) is 5.91 Å². The molecule has 5 nitrogen and oxygen atoms in total. The third-order valence-electron chi connectivity index (χ3n) is 6.56. The molecule has 1 N–H and O–H groups in total. The number of hydrogen-bond donors (Lipinski definition) is 1. The summed E-state index contributed by atoms with van der Waals surface area (Å²) in [5.74, 6) is 1.75. The molecule has 4 rings (SSSR count). The van der Waals surface area contributed by atoms with Gasteiger partial charge in [-0.1, -0.05) is 25.1 Å². The molecule has 5 heteroatoms. The predicted octanol–water partition coefficient (Wildman–Crippen LogP) is 4.83. The molecule has 2 aliphatic heterocycles. The third-order valence-corrected chi connectivity index (χ3v) is 6.56. The zero-order valence-electron chi connectivity index (χ0n) is 17.8. The summed E-state index contributed by atoms with van der Waals surface area (Å²) < 4.78 is 5.55. The molecule has 0 unspecified atom stereocenters. The molecular weight excluding hydrogens is 362 g/mol. The van der Waals surface area contributed by atoms with Crippen molar-refractivity contribution in [2.75, 3.05) is 23.4 Å². The van der Waals surface area contributed by atoms with Gasteiger partial charge in [0, 0.05) is 43.5 Å². The number of amides is 1. The first-order valence-corrected chi connectivity index (χ1v) is 10.7. The second-order valence-electron chi connectivity index (χ2n) is 8.48. The van der Waals surface area contributed by atoms with Crippen LogP contribution in [0.4, 0.5) is 11.5 Å². The maximum Gasteiger partial charge on any atom is 0.224 e. The van der Waals surface area contributed by atoms with Gasteiger partial charge in [-0.15, -0.1) is 0 Å². The summed E-state index contributed by atoms with van der Waals surface area (Å²) in [7, 11) is 0. The lowest BCUT2D eigenvalue weighted by Crippen LogP contribution is -2.48. The average Bonchev–Trinajstić information content (AvgIpc) is 2.72. The van der Waals surface area contributed by atoms with Crippen molar-refractivity contribution in [1.29, 1.82) is 0 Å². The lowest BCUT2D eigenvalue weighted by atomic mass is 9.80. The van der Waals surface area contributed by atoms with Gasteiger partial charge < -0.3 is 15.0 Å². The van der Waals surface area contributed by atoms with Gasteiger partial charge in [0.1, 0.15) is 5.82 Å². The Hall–Kier alpha value is -2.40. The summed E-state index contributed by atoms with van der Waals surface area (Å²) in [5.41, 5.74) is 4.55. The molecule has 1 aromatic carbocycles. The summed E-state index contributed by atoms with van der Waals surface area (Å²) in [4.78, 5) is 19.1. The molecule has 3 atom stereocenters. The number of anilines is 2. The normalized spacial score (nSPS) is 24.8. The van der Waals surface area contributed by atoms with Crippen LogP contribution in [0.2, 0.25) is 0 Å². The van der Waals surface area contributed by atoms with Crippen LogP contribution in [0.25, 0.3) is 0 Å². The highest BCUT2D eigenvalue weighted by Gasteiger charge is 2.38. The molecule has 154 valence electrons. The second kappa shape index (κ2) is 8.15. The number of benzene rings is 1. The fourth-order valence-corrected chi connectivity index (χ4v) is 4.79. The summed E-state index contributed by atoms with van der Waals surface area (Å²) in [6.45, 7) is 9.67. The van der Waals surface area contributed by atoms with Crippen LogP contribution in [0.3, 0.4) is 0 Å². The maximum atomic E-state index is 12.5. The highest BCUT2D eigenvalue weighted by molar-refractivity contribution is 5.94. The van der Waals surface area contributed by atoms with Gasteiger partial charge in [-0.3, -0.25) is 4.79 Å². The van der Waals surface area contributed by atoms with E-state index < -0.39 is 0 Å². The van der Waals surface area contributed by atoms with Crippen LogP contribution in [0, 0.1) is 12.8 Å². The number of aryl methyl sites for hydroxylation is 1. The number of ether oxygens (including phenoxy) is 1. The summed E-state index contributed by atoms with van der Waals surface area (Å²) in [6.07, 6.45) is 2.11. The molecule has 3 heterocycles. The fraction of sp³-hybridized carbons (Fsp3) is 0.500. The van der Waals surface area contributed by atoms with Gasteiger partial charge in [0.15, 0.2) is 0 Å². The molecule has 1 amide bonds. The third kappa shape index (κ3) is 3.88. The van der Waals surface area contributed by atoms with E-state index in [1.165, 1.54) is 11.1 Å². The number of carbonyl (C=O) groups is 1. The fourth-order valence-electron chi connectivity index (χ4n) is 4.79. The van der Waals surface area contributed by atoms with Crippen molar-refractivity contribution >= 4 is 17.4 Å². The number of rotatable bonds is 3. The summed E-state index contributed by atoms with van der Waals surface area (Å²) in [6, 6.07) is 12.9. The monoisotopic (exact) mass is 393 g/mol. The van der Waals surface area contributed by atoms with Crippen molar-refractivity contribution in [3.05, 3.63) is 53.2 Å². The van der Waals surface area contributed by atoms with Gasteiger partial charge in [0.25, 0.3) is 0 Å². The molecule has 2 aromatic rings. The van der Waals surface area contributed by atoms with Crippen molar-refractivity contribution in [3.63, 3.8) is 0 Å². The van der Waals surface area contributed by atoms with Crippen molar-refractivity contribution < 1.29 is 9.53 Å². The van der Waals surface area contributed by atoms with E-state index >= 15 is 0 Å². The molecule has 0 aliphatic carbocycles. The highest BCUT2D eigenvalue weighted by Crippen LogP contribution is 2.44. The number of fused-ring (bicyclic) bond motifs is 1. The Kier molecular flexibility index (Phi) is 5.59. The lowest BCUT2D eigenvalue weighted by Gasteiger charge is -2.44. The Morgan fingerprint density at radius 1 is 1.17 bits per heavy atom. The number of aromatic nitrogens is 1. The predicted molar refractivity (Wildman–Crippen MR) is 116 cm³/mol. The van der Waals surface area contributed by atoms with Crippen LogP contribution in [-0.4, -0.2) is 30.1 Å². The summed E-state index contributed by atoms with van der Waals surface area (Å²) >= 11 is 0. The van der Waals surface area contributed by atoms with E-state index in [2.05, 4.69) is 42.3 Å². The van der Waals surface area contributed by atoms with E-state index in [-0.39, 0.29) is 23.9 Å². The molecule has 1 aromatic heterocycles.